The molecule has 6 nitrogen and oxygen atoms in total. The maximum Gasteiger partial charge on any atom is 0.254 e. The summed E-state index contributed by atoms with van der Waals surface area (Å²) in [6, 6.07) is 12.2. The van der Waals surface area contributed by atoms with Crippen molar-refractivity contribution in [3.05, 3.63) is 65.5 Å². The third-order valence-corrected chi connectivity index (χ3v) is 4.77. The first-order chi connectivity index (χ1) is 14.2. The largest absolute Gasteiger partial charge is 0.340 e. The van der Waals surface area contributed by atoms with Crippen LogP contribution in [0, 0.1) is 11.7 Å². The van der Waals surface area contributed by atoms with E-state index in [1.807, 2.05) is 31.2 Å². The van der Waals surface area contributed by atoms with Gasteiger partial charge in [0.05, 0.1) is 12.1 Å². The van der Waals surface area contributed by atoms with Crippen LogP contribution >= 0.6 is 0 Å². The molecule has 0 saturated heterocycles. The van der Waals surface area contributed by atoms with E-state index in [1.54, 1.807) is 19.9 Å². The lowest BCUT2D eigenvalue weighted by atomic mass is 10.0. The van der Waals surface area contributed by atoms with Crippen molar-refractivity contribution in [3.63, 3.8) is 0 Å². The molecule has 30 heavy (non-hydrogen) atoms. The molecule has 2 aromatic rings. The molecule has 7 heteroatoms. The molecule has 0 aliphatic heterocycles. The lowest BCUT2D eigenvalue weighted by Crippen LogP contribution is -2.51. The summed E-state index contributed by atoms with van der Waals surface area (Å²) >= 11 is 0. The van der Waals surface area contributed by atoms with E-state index >= 15 is 0 Å². The van der Waals surface area contributed by atoms with E-state index in [4.69, 9.17) is 0 Å². The van der Waals surface area contributed by atoms with Gasteiger partial charge in [-0.1, -0.05) is 51.1 Å². The Bertz CT molecular complexity index is 914. The second kappa shape index (κ2) is 10.5. The van der Waals surface area contributed by atoms with Crippen LogP contribution in [0.15, 0.2) is 48.5 Å². The molecule has 3 amide bonds. The number of rotatable bonds is 8. The van der Waals surface area contributed by atoms with Gasteiger partial charge >= 0.3 is 0 Å². The van der Waals surface area contributed by atoms with Crippen LogP contribution in [-0.2, 0) is 16.0 Å². The molecule has 0 saturated carbocycles. The number of amides is 3. The third kappa shape index (κ3) is 5.89. The van der Waals surface area contributed by atoms with Crippen LogP contribution in [0.4, 0.5) is 10.1 Å². The summed E-state index contributed by atoms with van der Waals surface area (Å²) < 4.78 is 13.9. The molecule has 2 N–H and O–H groups in total. The highest BCUT2D eigenvalue weighted by atomic mass is 19.1. The zero-order valence-electron chi connectivity index (χ0n) is 17.7. The fraction of sp³-hybridized carbons (Fsp3) is 0.348. The molecule has 0 bridgehead atoms. The predicted molar refractivity (Wildman–Crippen MR) is 115 cm³/mol. The molecule has 0 aliphatic rings. The van der Waals surface area contributed by atoms with Crippen molar-refractivity contribution in [2.75, 3.05) is 18.9 Å². The molecule has 0 heterocycles. The summed E-state index contributed by atoms with van der Waals surface area (Å²) in [6.45, 7) is 5.37. The van der Waals surface area contributed by atoms with Crippen molar-refractivity contribution in [2.24, 2.45) is 5.92 Å². The summed E-state index contributed by atoms with van der Waals surface area (Å²) in [5.74, 6) is -2.34. The number of carbonyl (C=O) groups excluding carboxylic acids is 3. The number of aryl methyl sites for hydroxylation is 1. The summed E-state index contributed by atoms with van der Waals surface area (Å²) in [4.78, 5) is 39.0. The normalized spacial score (nSPS) is 11.7. The molecule has 0 radical (unpaired) electrons. The Hall–Kier alpha value is -3.22. The Labute approximate surface area is 176 Å². The van der Waals surface area contributed by atoms with E-state index in [0.717, 1.165) is 12.0 Å². The minimum Gasteiger partial charge on any atom is -0.340 e. The van der Waals surface area contributed by atoms with Crippen LogP contribution in [0.5, 0.6) is 0 Å². The Morgan fingerprint density at radius 3 is 2.30 bits per heavy atom. The lowest BCUT2D eigenvalue weighted by molar-refractivity contribution is -0.135. The highest BCUT2D eigenvalue weighted by Gasteiger charge is 2.29. The van der Waals surface area contributed by atoms with Crippen LogP contribution in [0.25, 0.3) is 0 Å². The number of benzene rings is 2. The zero-order valence-corrected chi connectivity index (χ0v) is 17.7. The zero-order chi connectivity index (χ0) is 22.3. The molecule has 0 fully saturated rings. The number of nitrogens with zero attached hydrogens (tertiary/aromatic N) is 1. The maximum atomic E-state index is 13.9. The average Bonchev–Trinajstić information content (AvgIpc) is 2.71. The lowest BCUT2D eigenvalue weighted by Gasteiger charge is -2.27. The van der Waals surface area contributed by atoms with Crippen LogP contribution in [0.1, 0.15) is 36.7 Å². The Morgan fingerprint density at radius 2 is 1.67 bits per heavy atom. The molecule has 1 unspecified atom stereocenters. The minimum absolute atomic E-state index is 0.132. The molecule has 2 aromatic carbocycles. The quantitative estimate of drug-likeness (QED) is 0.697. The van der Waals surface area contributed by atoms with E-state index in [0.29, 0.717) is 5.69 Å². The van der Waals surface area contributed by atoms with Gasteiger partial charge in [0.2, 0.25) is 11.8 Å². The second-order valence-corrected chi connectivity index (χ2v) is 7.43. The standard InChI is InChI=1S/C23H28FN3O3/c1-5-16-10-6-9-13-19(16)25-20(28)14-27(4)23(30)21(15(2)3)26-22(29)17-11-7-8-12-18(17)24/h6-13,15,21H,5,14H2,1-4H3,(H,25,28)(H,26,29). The number of hydrogen-bond acceptors (Lipinski definition) is 3. The highest BCUT2D eigenvalue weighted by Crippen LogP contribution is 2.15. The van der Waals surface area contributed by atoms with Gasteiger partial charge in [0.25, 0.3) is 5.91 Å². The second-order valence-electron chi connectivity index (χ2n) is 7.43. The van der Waals surface area contributed by atoms with E-state index in [9.17, 15) is 18.8 Å². The molecule has 0 spiro atoms. The summed E-state index contributed by atoms with van der Waals surface area (Å²) in [6.07, 6.45) is 0.767. The number of carbonyl (C=O) groups is 3. The number of halogens is 1. The Balaban J connectivity index is 2.04. The van der Waals surface area contributed by atoms with Crippen molar-refractivity contribution in [1.82, 2.24) is 10.2 Å². The molecule has 160 valence electrons. The number of hydrogen-bond donors (Lipinski definition) is 2. The third-order valence-electron chi connectivity index (χ3n) is 4.77. The summed E-state index contributed by atoms with van der Waals surface area (Å²) in [5, 5.41) is 5.41. The SMILES string of the molecule is CCc1ccccc1NC(=O)CN(C)C(=O)C(NC(=O)c1ccccc1F)C(C)C. The fourth-order valence-electron chi connectivity index (χ4n) is 3.05. The van der Waals surface area contributed by atoms with Crippen molar-refractivity contribution in [2.45, 2.75) is 33.2 Å². The Morgan fingerprint density at radius 1 is 1.03 bits per heavy atom. The summed E-state index contributed by atoms with van der Waals surface area (Å²) in [5.41, 5.74) is 1.57. The van der Waals surface area contributed by atoms with Crippen LogP contribution in [-0.4, -0.2) is 42.3 Å². The van der Waals surface area contributed by atoms with E-state index < -0.39 is 23.7 Å². The number of nitrogens with one attached hydrogen (secondary N) is 2. The van der Waals surface area contributed by atoms with Gasteiger partial charge in [-0.15, -0.1) is 0 Å². The summed E-state index contributed by atoms with van der Waals surface area (Å²) in [7, 11) is 1.50. The van der Waals surface area contributed by atoms with E-state index in [1.165, 1.54) is 30.1 Å². The Kier molecular flexibility index (Phi) is 8.09. The molecule has 0 aromatic heterocycles. The van der Waals surface area contributed by atoms with Crippen molar-refractivity contribution in [1.29, 1.82) is 0 Å². The van der Waals surface area contributed by atoms with Gasteiger partial charge < -0.3 is 15.5 Å². The molecular formula is C23H28FN3O3. The number of anilines is 1. The van der Waals surface area contributed by atoms with Crippen molar-refractivity contribution < 1.29 is 18.8 Å². The molecule has 0 aliphatic carbocycles. The van der Waals surface area contributed by atoms with Crippen LogP contribution in [0.3, 0.4) is 0 Å². The molecule has 2 rings (SSSR count). The minimum atomic E-state index is -0.891. The van der Waals surface area contributed by atoms with Crippen LogP contribution in [0.2, 0.25) is 0 Å². The maximum absolute atomic E-state index is 13.9. The van der Waals surface area contributed by atoms with Gasteiger partial charge in [-0.25, -0.2) is 4.39 Å². The monoisotopic (exact) mass is 413 g/mol. The predicted octanol–water partition coefficient (Wildman–Crippen LogP) is 3.24. The van der Waals surface area contributed by atoms with Gasteiger partial charge in [0.15, 0.2) is 0 Å². The molecular weight excluding hydrogens is 385 g/mol. The molecule has 1 atom stereocenters. The first-order valence-electron chi connectivity index (χ1n) is 9.92. The van der Waals surface area contributed by atoms with Gasteiger partial charge in [-0.05, 0) is 36.1 Å². The van der Waals surface area contributed by atoms with Crippen LogP contribution < -0.4 is 10.6 Å². The first-order valence-corrected chi connectivity index (χ1v) is 9.92. The number of para-hydroxylation sites is 1. The average molecular weight is 413 g/mol. The smallest absolute Gasteiger partial charge is 0.254 e. The number of likely N-dealkylation sites (N-methyl/N-ethyl adjacent to an activating group) is 1. The fourth-order valence-corrected chi connectivity index (χ4v) is 3.05. The van der Waals surface area contributed by atoms with E-state index in [2.05, 4.69) is 10.6 Å². The first kappa shape index (κ1) is 23.1. The van der Waals surface area contributed by atoms with Gasteiger partial charge in [0.1, 0.15) is 11.9 Å². The van der Waals surface area contributed by atoms with Crippen molar-refractivity contribution in [3.8, 4) is 0 Å². The van der Waals surface area contributed by atoms with Crippen molar-refractivity contribution >= 4 is 23.4 Å². The van der Waals surface area contributed by atoms with Gasteiger partial charge in [-0.2, -0.15) is 0 Å². The van der Waals surface area contributed by atoms with Gasteiger partial charge in [-0.3, -0.25) is 14.4 Å². The highest BCUT2D eigenvalue weighted by molar-refractivity contribution is 5.99. The topological polar surface area (TPSA) is 78.5 Å². The van der Waals surface area contributed by atoms with Gasteiger partial charge in [0, 0.05) is 12.7 Å². The van der Waals surface area contributed by atoms with E-state index in [-0.39, 0.29) is 23.9 Å².